The SMILES string of the molecule is CC1(C)CCc2cc(-c3ccnc(C(F)(F)F)c3)nn2C1. The average molecular weight is 295 g/mol. The number of rotatable bonds is 1. The molecule has 112 valence electrons. The van der Waals surface area contributed by atoms with Gasteiger partial charge in [-0.25, -0.2) is 0 Å². The second-order valence-corrected chi connectivity index (χ2v) is 6.27. The molecule has 3 heterocycles. The molecule has 1 aliphatic rings. The lowest BCUT2D eigenvalue weighted by Crippen LogP contribution is -2.27. The van der Waals surface area contributed by atoms with Crippen molar-refractivity contribution < 1.29 is 13.2 Å². The number of fused-ring (bicyclic) bond motifs is 1. The van der Waals surface area contributed by atoms with Gasteiger partial charge in [-0.3, -0.25) is 9.67 Å². The van der Waals surface area contributed by atoms with Crippen molar-refractivity contribution in [2.24, 2.45) is 5.41 Å². The van der Waals surface area contributed by atoms with Crippen molar-refractivity contribution in [1.82, 2.24) is 14.8 Å². The molecule has 0 spiro atoms. The van der Waals surface area contributed by atoms with Crippen LogP contribution in [0.1, 0.15) is 31.7 Å². The summed E-state index contributed by atoms with van der Waals surface area (Å²) in [7, 11) is 0. The van der Waals surface area contributed by atoms with Gasteiger partial charge in [0.2, 0.25) is 0 Å². The highest BCUT2D eigenvalue weighted by atomic mass is 19.4. The molecule has 0 radical (unpaired) electrons. The Morgan fingerprint density at radius 2 is 2.00 bits per heavy atom. The van der Waals surface area contributed by atoms with Gasteiger partial charge in [-0.1, -0.05) is 13.8 Å². The first-order chi connectivity index (χ1) is 9.74. The van der Waals surface area contributed by atoms with Crippen molar-refractivity contribution in [1.29, 1.82) is 0 Å². The van der Waals surface area contributed by atoms with Crippen LogP contribution in [0.5, 0.6) is 0 Å². The predicted octanol–water partition coefficient (Wildman–Crippen LogP) is 3.94. The van der Waals surface area contributed by atoms with E-state index in [-0.39, 0.29) is 5.41 Å². The molecule has 21 heavy (non-hydrogen) atoms. The van der Waals surface area contributed by atoms with E-state index in [0.717, 1.165) is 31.1 Å². The number of hydrogen-bond acceptors (Lipinski definition) is 2. The van der Waals surface area contributed by atoms with Crippen LogP contribution in [-0.4, -0.2) is 14.8 Å². The Morgan fingerprint density at radius 1 is 1.24 bits per heavy atom. The monoisotopic (exact) mass is 295 g/mol. The maximum atomic E-state index is 12.7. The van der Waals surface area contributed by atoms with Crippen LogP contribution in [0.2, 0.25) is 0 Å². The summed E-state index contributed by atoms with van der Waals surface area (Å²) in [6.07, 6.45) is -1.29. The molecule has 0 aliphatic carbocycles. The highest BCUT2D eigenvalue weighted by Gasteiger charge is 2.33. The maximum Gasteiger partial charge on any atom is 0.433 e. The fourth-order valence-corrected chi connectivity index (χ4v) is 2.63. The lowest BCUT2D eigenvalue weighted by molar-refractivity contribution is -0.141. The van der Waals surface area contributed by atoms with Crippen LogP contribution in [-0.2, 0) is 19.1 Å². The zero-order chi connectivity index (χ0) is 15.3. The first kappa shape index (κ1) is 14.1. The Labute approximate surface area is 120 Å². The minimum atomic E-state index is -4.43. The minimum absolute atomic E-state index is 0.172. The van der Waals surface area contributed by atoms with Crippen molar-refractivity contribution in [3.05, 3.63) is 35.8 Å². The highest BCUT2D eigenvalue weighted by Crippen LogP contribution is 2.34. The van der Waals surface area contributed by atoms with Gasteiger partial charge >= 0.3 is 6.18 Å². The van der Waals surface area contributed by atoms with E-state index in [1.54, 1.807) is 6.07 Å². The molecule has 3 nitrogen and oxygen atoms in total. The molecular formula is C15H16F3N3. The van der Waals surface area contributed by atoms with Gasteiger partial charge in [-0.2, -0.15) is 18.3 Å². The Bertz CT molecular complexity index is 671. The van der Waals surface area contributed by atoms with Gasteiger partial charge in [0.15, 0.2) is 0 Å². The van der Waals surface area contributed by atoms with Crippen molar-refractivity contribution >= 4 is 0 Å². The summed E-state index contributed by atoms with van der Waals surface area (Å²) in [5.41, 5.74) is 1.40. The van der Waals surface area contributed by atoms with E-state index in [0.29, 0.717) is 11.3 Å². The zero-order valence-corrected chi connectivity index (χ0v) is 11.9. The highest BCUT2D eigenvalue weighted by molar-refractivity contribution is 5.59. The van der Waals surface area contributed by atoms with Crippen molar-refractivity contribution in [2.45, 2.75) is 39.4 Å². The summed E-state index contributed by atoms with van der Waals surface area (Å²) in [6, 6.07) is 4.50. The van der Waals surface area contributed by atoms with Crippen LogP contribution in [0.4, 0.5) is 13.2 Å². The van der Waals surface area contributed by atoms with Gasteiger partial charge in [0.05, 0.1) is 5.69 Å². The second kappa shape index (κ2) is 4.58. The molecule has 3 rings (SSSR count). The molecule has 1 aliphatic heterocycles. The van der Waals surface area contributed by atoms with E-state index < -0.39 is 11.9 Å². The number of hydrogen-bond donors (Lipinski definition) is 0. The minimum Gasteiger partial charge on any atom is -0.268 e. The molecule has 0 saturated carbocycles. The van der Waals surface area contributed by atoms with Crippen LogP contribution in [0.15, 0.2) is 24.4 Å². The summed E-state index contributed by atoms with van der Waals surface area (Å²) < 4.78 is 40.1. The fourth-order valence-electron chi connectivity index (χ4n) is 2.63. The first-order valence-electron chi connectivity index (χ1n) is 6.85. The normalized spacial score (nSPS) is 17.6. The molecule has 2 aromatic rings. The number of alkyl halides is 3. The quantitative estimate of drug-likeness (QED) is 0.798. The van der Waals surface area contributed by atoms with Gasteiger partial charge < -0.3 is 0 Å². The Morgan fingerprint density at radius 3 is 2.71 bits per heavy atom. The van der Waals surface area contributed by atoms with Crippen LogP contribution < -0.4 is 0 Å². The fraction of sp³-hybridized carbons (Fsp3) is 0.467. The van der Waals surface area contributed by atoms with E-state index in [9.17, 15) is 13.2 Å². The lowest BCUT2D eigenvalue weighted by atomic mass is 9.85. The topological polar surface area (TPSA) is 30.7 Å². The van der Waals surface area contributed by atoms with E-state index in [4.69, 9.17) is 0 Å². The van der Waals surface area contributed by atoms with Gasteiger partial charge in [-0.15, -0.1) is 0 Å². The molecule has 6 heteroatoms. The van der Waals surface area contributed by atoms with Gasteiger partial charge in [-0.05, 0) is 36.5 Å². The van der Waals surface area contributed by atoms with Crippen LogP contribution in [0, 0.1) is 5.41 Å². The van der Waals surface area contributed by atoms with Crippen molar-refractivity contribution in [3.63, 3.8) is 0 Å². The molecule has 0 amide bonds. The van der Waals surface area contributed by atoms with Crippen LogP contribution >= 0.6 is 0 Å². The van der Waals surface area contributed by atoms with Gasteiger partial charge in [0.25, 0.3) is 0 Å². The molecule has 0 aromatic carbocycles. The molecular weight excluding hydrogens is 279 g/mol. The van der Waals surface area contributed by atoms with Gasteiger partial charge in [0, 0.05) is 24.0 Å². The largest absolute Gasteiger partial charge is 0.433 e. The van der Waals surface area contributed by atoms with E-state index in [1.165, 1.54) is 6.20 Å². The number of aryl methyl sites for hydroxylation is 1. The number of halogens is 3. The third-order valence-electron chi connectivity index (χ3n) is 3.85. The molecule has 0 unspecified atom stereocenters. The lowest BCUT2D eigenvalue weighted by Gasteiger charge is -2.29. The van der Waals surface area contributed by atoms with E-state index in [2.05, 4.69) is 23.9 Å². The van der Waals surface area contributed by atoms with E-state index in [1.807, 2.05) is 10.7 Å². The number of pyridine rings is 1. The molecule has 0 bridgehead atoms. The van der Waals surface area contributed by atoms with Crippen LogP contribution in [0.3, 0.4) is 0 Å². The molecule has 0 atom stereocenters. The predicted molar refractivity (Wildman–Crippen MR) is 72.6 cm³/mol. The third-order valence-corrected chi connectivity index (χ3v) is 3.85. The van der Waals surface area contributed by atoms with Crippen molar-refractivity contribution in [2.75, 3.05) is 0 Å². The van der Waals surface area contributed by atoms with Crippen molar-refractivity contribution in [3.8, 4) is 11.3 Å². The summed E-state index contributed by atoms with van der Waals surface area (Å²) in [4.78, 5) is 3.38. The zero-order valence-electron chi connectivity index (χ0n) is 11.9. The average Bonchev–Trinajstić information content (AvgIpc) is 2.79. The molecule has 0 N–H and O–H groups in total. The molecule has 2 aromatic heterocycles. The van der Waals surface area contributed by atoms with E-state index >= 15 is 0 Å². The third kappa shape index (κ3) is 2.80. The summed E-state index contributed by atoms with van der Waals surface area (Å²) in [5.74, 6) is 0. The maximum absolute atomic E-state index is 12.7. The summed E-state index contributed by atoms with van der Waals surface area (Å²) in [6.45, 7) is 5.14. The standard InChI is InChI=1S/C15H16F3N3/c1-14(2)5-3-11-8-12(20-21(11)9-14)10-4-6-19-13(7-10)15(16,17)18/h4,6-8H,3,5,9H2,1-2H3. The Kier molecular flexibility index (Phi) is 3.07. The number of aromatic nitrogens is 3. The second-order valence-electron chi connectivity index (χ2n) is 6.27. The first-order valence-corrected chi connectivity index (χ1v) is 6.85. The van der Waals surface area contributed by atoms with Gasteiger partial charge in [0.1, 0.15) is 5.69 Å². The number of nitrogens with zero attached hydrogens (tertiary/aromatic N) is 3. The smallest absolute Gasteiger partial charge is 0.268 e. The molecule has 0 fully saturated rings. The Balaban J connectivity index is 1.98. The Hall–Kier alpha value is -1.85. The van der Waals surface area contributed by atoms with Crippen LogP contribution in [0.25, 0.3) is 11.3 Å². The summed E-state index contributed by atoms with van der Waals surface area (Å²) in [5, 5.41) is 4.46. The molecule has 0 saturated heterocycles. The summed E-state index contributed by atoms with van der Waals surface area (Å²) >= 11 is 0.